The molecule has 0 aromatic carbocycles. The quantitative estimate of drug-likeness (QED) is 0.498. The summed E-state index contributed by atoms with van der Waals surface area (Å²) in [5.74, 6) is 1.71. The van der Waals surface area contributed by atoms with E-state index in [-0.39, 0.29) is 0 Å². The molecule has 0 amide bonds. The molecular weight excluding hydrogens is 216 g/mol. The topological polar surface area (TPSA) is 0 Å². The SMILES string of the molecule is CCCC(CC)C1(C)C(C)(CCC)C1(C)C(C)C. The van der Waals surface area contributed by atoms with Crippen molar-refractivity contribution in [1.82, 2.24) is 0 Å². The lowest BCUT2D eigenvalue weighted by Gasteiger charge is -2.30. The van der Waals surface area contributed by atoms with Crippen LogP contribution in [0.4, 0.5) is 0 Å². The Morgan fingerprint density at radius 1 is 0.833 bits per heavy atom. The third kappa shape index (κ3) is 1.70. The van der Waals surface area contributed by atoms with Gasteiger partial charge in [-0.1, -0.05) is 81.1 Å². The lowest BCUT2D eigenvalue weighted by atomic mass is 9.75. The monoisotopic (exact) mass is 252 g/mol. The van der Waals surface area contributed by atoms with Gasteiger partial charge in [0, 0.05) is 0 Å². The second kappa shape index (κ2) is 5.17. The molecule has 0 aromatic heterocycles. The average molecular weight is 252 g/mol. The number of rotatable bonds is 7. The minimum absolute atomic E-state index is 0.534. The molecule has 0 spiro atoms. The zero-order valence-corrected chi connectivity index (χ0v) is 14.2. The molecule has 0 aromatic rings. The predicted molar refractivity (Wildman–Crippen MR) is 82.8 cm³/mol. The standard InChI is InChI=1S/C18H36/c1-9-12-15(11-3)18(8)16(6,13-10-2)17(18,7)14(4)5/h14-15H,9-13H2,1-8H3. The van der Waals surface area contributed by atoms with Crippen molar-refractivity contribution in [2.75, 3.05) is 0 Å². The molecule has 4 unspecified atom stereocenters. The van der Waals surface area contributed by atoms with Crippen molar-refractivity contribution >= 4 is 0 Å². The molecular formula is C18H36. The summed E-state index contributed by atoms with van der Waals surface area (Å²) >= 11 is 0. The van der Waals surface area contributed by atoms with Gasteiger partial charge in [-0.2, -0.15) is 0 Å². The van der Waals surface area contributed by atoms with Gasteiger partial charge in [0.25, 0.3) is 0 Å². The highest BCUT2D eigenvalue weighted by molar-refractivity contribution is 5.27. The average Bonchev–Trinajstić information content (AvgIpc) is 2.70. The van der Waals surface area contributed by atoms with Crippen molar-refractivity contribution in [2.24, 2.45) is 28.1 Å². The molecule has 0 aliphatic heterocycles. The fourth-order valence-electron chi connectivity index (χ4n) is 5.67. The maximum atomic E-state index is 2.60. The van der Waals surface area contributed by atoms with E-state index < -0.39 is 0 Å². The van der Waals surface area contributed by atoms with Crippen molar-refractivity contribution in [2.45, 2.75) is 87.5 Å². The summed E-state index contributed by atoms with van der Waals surface area (Å²) in [4.78, 5) is 0. The molecule has 4 atom stereocenters. The molecule has 0 radical (unpaired) electrons. The van der Waals surface area contributed by atoms with Crippen LogP contribution >= 0.6 is 0 Å². The Hall–Kier alpha value is 0. The summed E-state index contributed by atoms with van der Waals surface area (Å²) in [6.45, 7) is 19.7. The van der Waals surface area contributed by atoms with Crippen molar-refractivity contribution in [1.29, 1.82) is 0 Å². The normalized spacial score (nSPS) is 41.2. The van der Waals surface area contributed by atoms with Gasteiger partial charge in [-0.15, -0.1) is 0 Å². The highest BCUT2D eigenvalue weighted by atomic mass is 14.8. The lowest BCUT2D eigenvalue weighted by molar-refractivity contribution is 0.191. The van der Waals surface area contributed by atoms with Gasteiger partial charge in [-0.25, -0.2) is 0 Å². The smallest absolute Gasteiger partial charge is 0.0177 e. The van der Waals surface area contributed by atoms with Crippen LogP contribution in [0.2, 0.25) is 0 Å². The summed E-state index contributed by atoms with van der Waals surface area (Å²) < 4.78 is 0. The Kier molecular flexibility index (Phi) is 4.62. The van der Waals surface area contributed by atoms with Crippen molar-refractivity contribution < 1.29 is 0 Å². The Morgan fingerprint density at radius 3 is 1.72 bits per heavy atom. The van der Waals surface area contributed by atoms with E-state index in [0.29, 0.717) is 16.2 Å². The van der Waals surface area contributed by atoms with Crippen molar-refractivity contribution in [3.8, 4) is 0 Å². The molecule has 18 heavy (non-hydrogen) atoms. The van der Waals surface area contributed by atoms with Crippen LogP contribution in [-0.4, -0.2) is 0 Å². The fraction of sp³-hybridized carbons (Fsp3) is 1.00. The van der Waals surface area contributed by atoms with Crippen LogP contribution in [0.5, 0.6) is 0 Å². The van der Waals surface area contributed by atoms with E-state index >= 15 is 0 Å². The Bertz CT molecular complexity index is 280. The maximum absolute atomic E-state index is 2.60. The van der Waals surface area contributed by atoms with Crippen LogP contribution in [-0.2, 0) is 0 Å². The molecule has 1 fully saturated rings. The molecule has 0 nitrogen and oxygen atoms in total. The van der Waals surface area contributed by atoms with Gasteiger partial charge in [0.05, 0.1) is 0 Å². The van der Waals surface area contributed by atoms with Gasteiger partial charge in [0.1, 0.15) is 0 Å². The molecule has 1 aliphatic carbocycles. The van der Waals surface area contributed by atoms with Crippen LogP contribution in [0.25, 0.3) is 0 Å². The molecule has 1 rings (SSSR count). The fourth-order valence-corrected chi connectivity index (χ4v) is 5.67. The zero-order chi connectivity index (χ0) is 14.2. The molecule has 1 aliphatic rings. The van der Waals surface area contributed by atoms with Gasteiger partial charge in [0.2, 0.25) is 0 Å². The molecule has 108 valence electrons. The summed E-state index contributed by atoms with van der Waals surface area (Å²) in [6, 6.07) is 0. The number of hydrogen-bond donors (Lipinski definition) is 0. The van der Waals surface area contributed by atoms with Crippen LogP contribution in [0, 0.1) is 28.1 Å². The van der Waals surface area contributed by atoms with Gasteiger partial charge >= 0.3 is 0 Å². The first-order valence-electron chi connectivity index (χ1n) is 8.27. The third-order valence-electron chi connectivity index (χ3n) is 7.16. The first-order valence-corrected chi connectivity index (χ1v) is 8.27. The zero-order valence-electron chi connectivity index (χ0n) is 14.2. The van der Waals surface area contributed by atoms with E-state index in [0.717, 1.165) is 11.8 Å². The van der Waals surface area contributed by atoms with Gasteiger partial charge in [-0.05, 0) is 34.5 Å². The van der Waals surface area contributed by atoms with E-state index in [2.05, 4.69) is 55.4 Å². The van der Waals surface area contributed by atoms with Crippen molar-refractivity contribution in [3.05, 3.63) is 0 Å². The van der Waals surface area contributed by atoms with Crippen LogP contribution < -0.4 is 0 Å². The molecule has 0 saturated heterocycles. The summed E-state index contributed by atoms with van der Waals surface area (Å²) in [5, 5.41) is 0. The van der Waals surface area contributed by atoms with E-state index in [4.69, 9.17) is 0 Å². The highest BCUT2D eigenvalue weighted by Gasteiger charge is 2.80. The molecule has 1 saturated carbocycles. The first kappa shape index (κ1) is 16.1. The summed E-state index contributed by atoms with van der Waals surface area (Å²) in [5.41, 5.74) is 1.64. The second-order valence-corrected chi connectivity index (χ2v) is 7.54. The molecule has 0 bridgehead atoms. The highest BCUT2D eigenvalue weighted by Crippen LogP contribution is 2.85. The molecule has 0 N–H and O–H groups in total. The minimum atomic E-state index is 0.534. The van der Waals surface area contributed by atoms with Crippen LogP contribution in [0.15, 0.2) is 0 Å². The molecule has 0 heterocycles. The van der Waals surface area contributed by atoms with Gasteiger partial charge in [0.15, 0.2) is 0 Å². The van der Waals surface area contributed by atoms with Crippen LogP contribution in [0.1, 0.15) is 87.5 Å². The predicted octanol–water partition coefficient (Wildman–Crippen LogP) is 6.30. The summed E-state index contributed by atoms with van der Waals surface area (Å²) in [7, 11) is 0. The van der Waals surface area contributed by atoms with Gasteiger partial charge < -0.3 is 0 Å². The van der Waals surface area contributed by atoms with E-state index in [1.807, 2.05) is 0 Å². The van der Waals surface area contributed by atoms with E-state index in [9.17, 15) is 0 Å². The largest absolute Gasteiger partial charge is 0.0654 e. The molecule has 0 heteroatoms. The minimum Gasteiger partial charge on any atom is -0.0654 e. The first-order chi connectivity index (χ1) is 8.27. The Labute approximate surface area is 116 Å². The second-order valence-electron chi connectivity index (χ2n) is 7.54. The Balaban J connectivity index is 3.11. The van der Waals surface area contributed by atoms with Gasteiger partial charge in [-0.3, -0.25) is 0 Å². The third-order valence-corrected chi connectivity index (χ3v) is 7.16. The number of hydrogen-bond acceptors (Lipinski definition) is 0. The van der Waals surface area contributed by atoms with Crippen molar-refractivity contribution in [3.63, 3.8) is 0 Å². The summed E-state index contributed by atoms with van der Waals surface area (Å²) in [6.07, 6.45) is 6.83. The Morgan fingerprint density at radius 2 is 1.39 bits per heavy atom. The van der Waals surface area contributed by atoms with E-state index in [1.165, 1.54) is 32.1 Å². The van der Waals surface area contributed by atoms with Crippen LogP contribution in [0.3, 0.4) is 0 Å². The lowest BCUT2D eigenvalue weighted by Crippen LogP contribution is -2.22. The van der Waals surface area contributed by atoms with E-state index in [1.54, 1.807) is 0 Å². The maximum Gasteiger partial charge on any atom is -0.0177 e.